The smallest absolute Gasteiger partial charge is 0.274 e. The molecule has 0 bridgehead atoms. The average molecular weight is 520 g/mol. The van der Waals surface area contributed by atoms with E-state index in [9.17, 15) is 9.90 Å². The summed E-state index contributed by atoms with van der Waals surface area (Å²) in [6.07, 6.45) is 12.1. The summed E-state index contributed by atoms with van der Waals surface area (Å²) in [5.41, 5.74) is 2.90. The summed E-state index contributed by atoms with van der Waals surface area (Å²) in [6, 6.07) is 0.436. The fraction of sp³-hybridized carbons (Fsp3) is 0.440. The van der Waals surface area contributed by atoms with Crippen LogP contribution in [0.2, 0.25) is 0 Å². The molecule has 2 saturated carbocycles. The minimum atomic E-state index is -0.436. The van der Waals surface area contributed by atoms with E-state index in [1.807, 2.05) is 22.4 Å². The van der Waals surface area contributed by atoms with E-state index in [4.69, 9.17) is 0 Å². The molecule has 0 aromatic carbocycles. The van der Waals surface area contributed by atoms with Gasteiger partial charge in [-0.1, -0.05) is 6.58 Å². The molecule has 1 aliphatic heterocycles. The first-order chi connectivity index (χ1) is 18.0. The Morgan fingerprint density at radius 1 is 1.27 bits per heavy atom. The number of imidazole rings is 1. The number of likely N-dealkylation sites (tertiary alicyclic amines) is 1. The normalized spacial score (nSPS) is 20.5. The maximum atomic E-state index is 12.8. The van der Waals surface area contributed by atoms with E-state index in [-0.39, 0.29) is 5.70 Å². The SMILES string of the molecule is C=C(N=C/C(=C(\C)n1cnc(C2CC2)c1)N1CCC(O)C1)C(=O)Nc1csc(-c2nncn2C2CC2)n1. The minimum Gasteiger partial charge on any atom is -0.391 e. The first-order valence-corrected chi connectivity index (χ1v) is 13.4. The Balaban J connectivity index is 1.17. The highest BCUT2D eigenvalue weighted by Crippen LogP contribution is 2.39. The Morgan fingerprint density at radius 3 is 2.84 bits per heavy atom. The van der Waals surface area contributed by atoms with E-state index in [2.05, 4.69) is 48.2 Å². The lowest BCUT2D eigenvalue weighted by Crippen LogP contribution is -2.24. The Kier molecular flexibility index (Phi) is 6.21. The average Bonchev–Trinajstić information content (AvgIpc) is 3.67. The summed E-state index contributed by atoms with van der Waals surface area (Å²) in [5, 5.41) is 23.6. The van der Waals surface area contributed by atoms with Crippen LogP contribution in [0.15, 0.2) is 47.2 Å². The third-order valence-electron chi connectivity index (χ3n) is 6.92. The zero-order valence-corrected chi connectivity index (χ0v) is 21.4. The number of aliphatic hydroxyl groups excluding tert-OH is 1. The van der Waals surface area contributed by atoms with Crippen molar-refractivity contribution in [2.75, 3.05) is 18.4 Å². The largest absolute Gasteiger partial charge is 0.391 e. The highest BCUT2D eigenvalue weighted by atomic mass is 32.1. The topological polar surface area (TPSA) is 126 Å². The summed E-state index contributed by atoms with van der Waals surface area (Å²) in [7, 11) is 0. The van der Waals surface area contributed by atoms with Gasteiger partial charge >= 0.3 is 0 Å². The van der Waals surface area contributed by atoms with Crippen molar-refractivity contribution in [2.24, 2.45) is 4.99 Å². The Bertz CT molecular complexity index is 1390. The first kappa shape index (κ1) is 23.7. The lowest BCUT2D eigenvalue weighted by atomic mass is 10.3. The molecule has 2 aliphatic carbocycles. The number of allylic oxidation sites excluding steroid dienone is 2. The van der Waals surface area contributed by atoms with Crippen molar-refractivity contribution in [1.82, 2.24) is 34.2 Å². The van der Waals surface area contributed by atoms with Crippen molar-refractivity contribution in [3.8, 4) is 10.8 Å². The number of carbonyl (C=O) groups is 1. The fourth-order valence-electron chi connectivity index (χ4n) is 4.44. The molecule has 2 N–H and O–H groups in total. The van der Waals surface area contributed by atoms with E-state index in [0.29, 0.717) is 48.1 Å². The second-order valence-corrected chi connectivity index (χ2v) is 10.7. The number of aromatic nitrogens is 6. The van der Waals surface area contributed by atoms with E-state index in [0.717, 1.165) is 29.9 Å². The lowest BCUT2D eigenvalue weighted by molar-refractivity contribution is -0.112. The van der Waals surface area contributed by atoms with Crippen molar-refractivity contribution in [3.63, 3.8) is 0 Å². The third kappa shape index (κ3) is 5.12. The second-order valence-electron chi connectivity index (χ2n) is 9.83. The van der Waals surface area contributed by atoms with Gasteiger partial charge < -0.3 is 24.5 Å². The Labute approximate surface area is 218 Å². The molecule has 0 spiro atoms. The molecule has 1 unspecified atom stereocenters. The van der Waals surface area contributed by atoms with Gasteiger partial charge in [0, 0.05) is 42.3 Å². The predicted molar refractivity (Wildman–Crippen MR) is 141 cm³/mol. The van der Waals surface area contributed by atoms with Gasteiger partial charge in [-0.3, -0.25) is 4.79 Å². The standard InChI is InChI=1S/C25H29N9O2S/c1-15(24(36)29-22-12-37-25(30-22)23-31-28-14-34(23)18-5-6-18)26-9-21(32-8-7-19(35)10-32)16(2)33-11-20(27-13-33)17-3-4-17/h9,11-14,17-19,35H,1,3-8,10H2,2H3,(H,29,36)/b21-16-,26-9?. The fourth-order valence-corrected chi connectivity index (χ4v) is 5.18. The number of thiazole rings is 1. The lowest BCUT2D eigenvalue weighted by Gasteiger charge is -2.21. The van der Waals surface area contributed by atoms with Gasteiger partial charge in [-0.2, -0.15) is 0 Å². The monoisotopic (exact) mass is 519 g/mol. The van der Waals surface area contributed by atoms with Gasteiger partial charge in [0.25, 0.3) is 5.91 Å². The van der Waals surface area contributed by atoms with Gasteiger partial charge in [0.15, 0.2) is 10.8 Å². The Morgan fingerprint density at radius 2 is 2.11 bits per heavy atom. The number of hydrogen-bond acceptors (Lipinski definition) is 9. The van der Waals surface area contributed by atoms with E-state index in [1.165, 1.54) is 24.2 Å². The van der Waals surface area contributed by atoms with Crippen LogP contribution in [0, 0.1) is 0 Å². The van der Waals surface area contributed by atoms with Crippen LogP contribution in [-0.4, -0.2) is 70.6 Å². The van der Waals surface area contributed by atoms with Crippen molar-refractivity contribution in [1.29, 1.82) is 0 Å². The molecule has 1 atom stereocenters. The maximum Gasteiger partial charge on any atom is 0.274 e. The van der Waals surface area contributed by atoms with Crippen molar-refractivity contribution >= 4 is 35.0 Å². The first-order valence-electron chi connectivity index (χ1n) is 12.5. The van der Waals surface area contributed by atoms with Crippen LogP contribution >= 0.6 is 11.3 Å². The predicted octanol–water partition coefficient (Wildman–Crippen LogP) is 3.29. The van der Waals surface area contributed by atoms with Crippen LogP contribution in [0.3, 0.4) is 0 Å². The number of hydrogen-bond donors (Lipinski definition) is 2. The molecule has 37 heavy (non-hydrogen) atoms. The zero-order chi connectivity index (χ0) is 25.5. The molecule has 1 saturated heterocycles. The number of aliphatic imine (C=N–C) groups is 1. The number of rotatable bonds is 9. The van der Waals surface area contributed by atoms with Crippen LogP contribution in [-0.2, 0) is 4.79 Å². The minimum absolute atomic E-state index is 0.0602. The Hall–Kier alpha value is -3.64. The van der Waals surface area contributed by atoms with Gasteiger partial charge in [-0.05, 0) is 39.0 Å². The zero-order valence-electron chi connectivity index (χ0n) is 20.6. The number of nitrogens with zero attached hydrogens (tertiary/aromatic N) is 8. The number of aliphatic hydroxyl groups is 1. The molecule has 192 valence electrons. The molecule has 0 radical (unpaired) electrons. The summed E-state index contributed by atoms with van der Waals surface area (Å²) in [6.45, 7) is 7.07. The molecule has 11 nitrogen and oxygen atoms in total. The van der Waals surface area contributed by atoms with Crippen molar-refractivity contribution < 1.29 is 9.90 Å². The molecule has 6 rings (SSSR count). The van der Waals surface area contributed by atoms with E-state index in [1.54, 1.807) is 17.9 Å². The van der Waals surface area contributed by atoms with Crippen LogP contribution in [0.5, 0.6) is 0 Å². The second kappa shape index (κ2) is 9.67. The summed E-state index contributed by atoms with van der Waals surface area (Å²) in [4.78, 5) is 28.4. The summed E-state index contributed by atoms with van der Waals surface area (Å²) < 4.78 is 4.02. The molecular formula is C25H29N9O2S. The molecule has 3 fully saturated rings. The van der Waals surface area contributed by atoms with Crippen LogP contribution in [0.1, 0.15) is 56.7 Å². The summed E-state index contributed by atoms with van der Waals surface area (Å²) >= 11 is 1.40. The van der Waals surface area contributed by atoms with Gasteiger partial charge in [-0.15, -0.1) is 21.5 Å². The highest BCUT2D eigenvalue weighted by Gasteiger charge is 2.28. The number of carbonyl (C=O) groups excluding carboxylic acids is 1. The van der Waals surface area contributed by atoms with Gasteiger partial charge in [0.2, 0.25) is 0 Å². The quantitative estimate of drug-likeness (QED) is 0.328. The van der Waals surface area contributed by atoms with Gasteiger partial charge in [0.05, 0.1) is 30.0 Å². The van der Waals surface area contributed by atoms with Crippen LogP contribution in [0.25, 0.3) is 16.5 Å². The van der Waals surface area contributed by atoms with Crippen molar-refractivity contribution in [2.45, 2.75) is 57.1 Å². The molecule has 4 heterocycles. The van der Waals surface area contributed by atoms with E-state index >= 15 is 0 Å². The number of amides is 1. The van der Waals surface area contributed by atoms with Crippen LogP contribution < -0.4 is 5.32 Å². The summed E-state index contributed by atoms with van der Waals surface area (Å²) in [5.74, 6) is 1.26. The van der Waals surface area contributed by atoms with Crippen LogP contribution in [0.4, 0.5) is 5.82 Å². The number of anilines is 1. The van der Waals surface area contributed by atoms with Crippen molar-refractivity contribution in [3.05, 3.63) is 47.9 Å². The third-order valence-corrected chi connectivity index (χ3v) is 7.75. The molecular weight excluding hydrogens is 490 g/mol. The highest BCUT2D eigenvalue weighted by molar-refractivity contribution is 7.13. The molecule has 3 aliphatic rings. The number of β-amino-alcohol motifs (C(OH)–C–C–N with tert-alkyl or cyclic N) is 1. The number of nitrogens with one attached hydrogen (secondary N) is 1. The maximum absolute atomic E-state index is 12.8. The van der Waals surface area contributed by atoms with E-state index < -0.39 is 12.0 Å². The molecule has 1 amide bonds. The molecule has 12 heteroatoms. The molecule has 3 aromatic rings. The molecule has 3 aromatic heterocycles. The van der Waals surface area contributed by atoms with Gasteiger partial charge in [0.1, 0.15) is 17.8 Å². The van der Waals surface area contributed by atoms with Gasteiger partial charge in [-0.25, -0.2) is 15.0 Å².